The Morgan fingerprint density at radius 1 is 1.14 bits per heavy atom. The summed E-state index contributed by atoms with van der Waals surface area (Å²) in [4.78, 5) is 27.0. The number of morpholine rings is 1. The third-order valence-corrected chi connectivity index (χ3v) is 6.09. The van der Waals surface area contributed by atoms with Crippen LogP contribution in [0, 0.1) is 6.92 Å². The lowest BCUT2D eigenvalue weighted by Crippen LogP contribution is -2.53. The Hall–Kier alpha value is -2.66. The maximum Gasteiger partial charge on any atom is 0.251 e. The molecule has 5 heteroatoms. The number of hydrogen-bond donors (Lipinski definition) is 1. The largest absolute Gasteiger partial charge is 0.356 e. The van der Waals surface area contributed by atoms with Crippen molar-refractivity contribution in [2.75, 3.05) is 20.2 Å². The number of benzene rings is 2. The predicted molar refractivity (Wildman–Crippen MR) is 107 cm³/mol. The van der Waals surface area contributed by atoms with Gasteiger partial charge in [0.2, 0.25) is 5.91 Å². The molecule has 2 aliphatic rings. The Balaban J connectivity index is 1.52. The molecule has 0 unspecified atom stereocenters. The third kappa shape index (κ3) is 3.42. The van der Waals surface area contributed by atoms with Gasteiger partial charge in [0.25, 0.3) is 5.91 Å². The van der Waals surface area contributed by atoms with Crippen LogP contribution in [0.25, 0.3) is 0 Å². The van der Waals surface area contributed by atoms with E-state index in [-0.39, 0.29) is 23.8 Å². The van der Waals surface area contributed by atoms with E-state index < -0.39 is 12.1 Å². The van der Waals surface area contributed by atoms with Crippen molar-refractivity contribution in [3.63, 3.8) is 0 Å². The second kappa shape index (κ2) is 7.40. The molecule has 2 aromatic carbocycles. The first-order valence-corrected chi connectivity index (χ1v) is 9.78. The Morgan fingerprint density at radius 3 is 2.50 bits per heavy atom. The van der Waals surface area contributed by atoms with Gasteiger partial charge in [-0.05, 0) is 36.5 Å². The molecule has 1 saturated carbocycles. The van der Waals surface area contributed by atoms with E-state index >= 15 is 0 Å². The standard InChI is InChI=1S/C23H26N2O3/c1-16-8-6-7-11-18(16)20-21(28-14-19(26)25(20)2)22(27)24-15-23(12-13-23)17-9-4-3-5-10-17/h3-11,20-21H,12-15H2,1-2H3,(H,24,27)/t20-,21+/m1/s1. The van der Waals surface area contributed by atoms with Gasteiger partial charge in [-0.2, -0.15) is 0 Å². The van der Waals surface area contributed by atoms with Crippen LogP contribution >= 0.6 is 0 Å². The van der Waals surface area contributed by atoms with Crippen molar-refractivity contribution in [1.82, 2.24) is 10.2 Å². The maximum absolute atomic E-state index is 13.1. The Morgan fingerprint density at radius 2 is 1.82 bits per heavy atom. The van der Waals surface area contributed by atoms with Gasteiger partial charge in [0, 0.05) is 19.0 Å². The molecule has 0 bridgehead atoms. The SMILES string of the molecule is Cc1ccccc1[C@@H]1[C@@H](C(=O)NCC2(c3ccccc3)CC2)OCC(=O)N1C. The lowest BCUT2D eigenvalue weighted by atomic mass is 9.93. The van der Waals surface area contributed by atoms with E-state index in [4.69, 9.17) is 4.74 Å². The average molecular weight is 378 g/mol. The fourth-order valence-corrected chi connectivity index (χ4v) is 4.09. The number of carbonyl (C=O) groups excluding carboxylic acids is 2. The number of nitrogens with zero attached hydrogens (tertiary/aromatic N) is 1. The van der Waals surface area contributed by atoms with E-state index in [1.54, 1.807) is 11.9 Å². The molecule has 5 nitrogen and oxygen atoms in total. The number of nitrogens with one attached hydrogen (secondary N) is 1. The molecule has 2 aromatic rings. The van der Waals surface area contributed by atoms with Crippen molar-refractivity contribution < 1.29 is 14.3 Å². The van der Waals surface area contributed by atoms with Crippen molar-refractivity contribution in [2.45, 2.75) is 37.3 Å². The highest BCUT2D eigenvalue weighted by molar-refractivity contribution is 5.86. The second-order valence-electron chi connectivity index (χ2n) is 7.90. The molecule has 146 valence electrons. The first-order valence-electron chi connectivity index (χ1n) is 9.78. The van der Waals surface area contributed by atoms with Crippen molar-refractivity contribution in [2.24, 2.45) is 0 Å². The van der Waals surface area contributed by atoms with Gasteiger partial charge in [0.05, 0.1) is 6.04 Å². The van der Waals surface area contributed by atoms with Crippen LogP contribution < -0.4 is 5.32 Å². The predicted octanol–water partition coefficient (Wildman–Crippen LogP) is 2.74. The van der Waals surface area contributed by atoms with Crippen molar-refractivity contribution in [3.8, 4) is 0 Å². The normalized spacial score (nSPS) is 23.4. The van der Waals surface area contributed by atoms with Gasteiger partial charge in [-0.1, -0.05) is 54.6 Å². The second-order valence-corrected chi connectivity index (χ2v) is 7.90. The topological polar surface area (TPSA) is 58.6 Å². The van der Waals surface area contributed by atoms with E-state index in [1.165, 1.54) is 5.56 Å². The summed E-state index contributed by atoms with van der Waals surface area (Å²) in [7, 11) is 1.74. The minimum atomic E-state index is -0.713. The Bertz CT molecular complexity index is 876. The molecule has 2 atom stereocenters. The van der Waals surface area contributed by atoms with Gasteiger partial charge in [-0.15, -0.1) is 0 Å². The summed E-state index contributed by atoms with van der Waals surface area (Å²) in [6.07, 6.45) is 1.43. The van der Waals surface area contributed by atoms with Crippen LogP contribution in [0.5, 0.6) is 0 Å². The van der Waals surface area contributed by atoms with Crippen LogP contribution in [-0.4, -0.2) is 43.0 Å². The first kappa shape index (κ1) is 18.7. The minimum Gasteiger partial charge on any atom is -0.356 e. The van der Waals surface area contributed by atoms with Crippen LogP contribution in [0.1, 0.15) is 35.6 Å². The third-order valence-electron chi connectivity index (χ3n) is 6.09. The fraction of sp³-hybridized carbons (Fsp3) is 0.391. The minimum absolute atomic E-state index is 0.0332. The molecule has 0 spiro atoms. The summed E-state index contributed by atoms with van der Waals surface area (Å²) in [5, 5.41) is 3.11. The maximum atomic E-state index is 13.1. The Kier molecular flexibility index (Phi) is 4.94. The molecule has 2 amide bonds. The number of likely N-dealkylation sites (N-methyl/N-ethyl adjacent to an activating group) is 1. The molecule has 2 fully saturated rings. The van der Waals surface area contributed by atoms with Crippen LogP contribution in [0.15, 0.2) is 54.6 Å². The van der Waals surface area contributed by atoms with E-state index in [0.29, 0.717) is 6.54 Å². The van der Waals surface area contributed by atoms with Gasteiger partial charge in [0.15, 0.2) is 6.10 Å². The summed E-state index contributed by atoms with van der Waals surface area (Å²) in [6, 6.07) is 17.7. The molecule has 1 saturated heterocycles. The molecule has 1 aliphatic heterocycles. The summed E-state index contributed by atoms with van der Waals surface area (Å²) in [6.45, 7) is 2.51. The number of aryl methyl sites for hydroxylation is 1. The smallest absolute Gasteiger partial charge is 0.251 e. The molecule has 0 aromatic heterocycles. The zero-order chi connectivity index (χ0) is 19.7. The summed E-state index contributed by atoms with van der Waals surface area (Å²) >= 11 is 0. The lowest BCUT2D eigenvalue weighted by Gasteiger charge is -2.39. The van der Waals surface area contributed by atoms with Gasteiger partial charge in [0.1, 0.15) is 6.61 Å². The number of rotatable bonds is 5. The summed E-state index contributed by atoms with van der Waals surface area (Å²) in [5.74, 6) is -0.268. The number of ether oxygens (including phenoxy) is 1. The van der Waals surface area contributed by atoms with Gasteiger partial charge in [-0.3, -0.25) is 9.59 Å². The average Bonchev–Trinajstić information content (AvgIpc) is 3.51. The molecule has 1 heterocycles. The highest BCUT2D eigenvalue weighted by atomic mass is 16.5. The van der Waals surface area contributed by atoms with E-state index in [1.807, 2.05) is 49.4 Å². The monoisotopic (exact) mass is 378 g/mol. The first-order chi connectivity index (χ1) is 13.5. The highest BCUT2D eigenvalue weighted by Gasteiger charge is 2.46. The fourth-order valence-electron chi connectivity index (χ4n) is 4.09. The molecule has 1 aliphatic carbocycles. The molecule has 1 N–H and O–H groups in total. The summed E-state index contributed by atoms with van der Waals surface area (Å²) < 4.78 is 5.73. The summed E-state index contributed by atoms with van der Waals surface area (Å²) in [5.41, 5.74) is 3.29. The van der Waals surface area contributed by atoms with Crippen molar-refractivity contribution in [3.05, 3.63) is 71.3 Å². The quantitative estimate of drug-likeness (QED) is 0.870. The lowest BCUT2D eigenvalue weighted by molar-refractivity contribution is -0.162. The van der Waals surface area contributed by atoms with Crippen LogP contribution in [0.4, 0.5) is 0 Å². The van der Waals surface area contributed by atoms with Crippen LogP contribution in [0.3, 0.4) is 0 Å². The zero-order valence-corrected chi connectivity index (χ0v) is 16.4. The Labute approximate surface area is 165 Å². The number of amides is 2. The molecular weight excluding hydrogens is 352 g/mol. The van der Waals surface area contributed by atoms with Crippen molar-refractivity contribution in [1.29, 1.82) is 0 Å². The van der Waals surface area contributed by atoms with Crippen molar-refractivity contribution >= 4 is 11.8 Å². The number of carbonyl (C=O) groups is 2. The van der Waals surface area contributed by atoms with Gasteiger partial charge >= 0.3 is 0 Å². The van der Waals surface area contributed by atoms with E-state index in [0.717, 1.165) is 24.0 Å². The van der Waals surface area contributed by atoms with E-state index in [9.17, 15) is 9.59 Å². The van der Waals surface area contributed by atoms with Crippen LogP contribution in [-0.2, 0) is 19.7 Å². The molecule has 0 radical (unpaired) electrons. The highest BCUT2D eigenvalue weighted by Crippen LogP contribution is 2.47. The number of hydrogen-bond acceptors (Lipinski definition) is 3. The molecular formula is C23H26N2O3. The molecule has 4 rings (SSSR count). The molecule has 28 heavy (non-hydrogen) atoms. The van der Waals surface area contributed by atoms with Gasteiger partial charge in [-0.25, -0.2) is 0 Å². The van der Waals surface area contributed by atoms with E-state index in [2.05, 4.69) is 17.4 Å². The van der Waals surface area contributed by atoms with Crippen LogP contribution in [0.2, 0.25) is 0 Å². The van der Waals surface area contributed by atoms with Gasteiger partial charge < -0.3 is 15.0 Å². The zero-order valence-electron chi connectivity index (χ0n) is 16.4.